The van der Waals surface area contributed by atoms with Gasteiger partial charge in [-0.3, -0.25) is 9.59 Å². The number of carbonyl (C=O) groups is 2. The van der Waals surface area contributed by atoms with E-state index < -0.39 is 0 Å². The molecule has 1 saturated heterocycles. The van der Waals surface area contributed by atoms with Crippen LogP contribution in [-0.4, -0.2) is 62.0 Å². The van der Waals surface area contributed by atoms with Crippen LogP contribution in [0.25, 0.3) is 0 Å². The Kier molecular flexibility index (Phi) is 6.54. The van der Waals surface area contributed by atoms with Crippen LogP contribution < -0.4 is 10.1 Å². The SMILES string of the molecule is COc1ccc(C(=O)N2CCN(C)CC2)cc1NC(=O)Cc1cc(C)ccc1C. The molecule has 2 amide bonds. The van der Waals surface area contributed by atoms with E-state index in [-0.39, 0.29) is 18.2 Å². The summed E-state index contributed by atoms with van der Waals surface area (Å²) in [5.41, 5.74) is 4.26. The lowest BCUT2D eigenvalue weighted by Crippen LogP contribution is -2.47. The average molecular weight is 396 g/mol. The number of hydrogen-bond donors (Lipinski definition) is 1. The van der Waals surface area contributed by atoms with Crippen molar-refractivity contribution >= 4 is 17.5 Å². The molecule has 1 heterocycles. The molecule has 29 heavy (non-hydrogen) atoms. The van der Waals surface area contributed by atoms with Crippen molar-refractivity contribution in [3.05, 3.63) is 58.7 Å². The maximum atomic E-state index is 12.9. The fraction of sp³-hybridized carbons (Fsp3) is 0.391. The van der Waals surface area contributed by atoms with Crippen molar-refractivity contribution in [2.24, 2.45) is 0 Å². The van der Waals surface area contributed by atoms with Gasteiger partial charge in [-0.25, -0.2) is 0 Å². The van der Waals surface area contributed by atoms with Gasteiger partial charge in [-0.2, -0.15) is 0 Å². The van der Waals surface area contributed by atoms with E-state index in [9.17, 15) is 9.59 Å². The van der Waals surface area contributed by atoms with E-state index in [1.807, 2.05) is 36.9 Å². The molecule has 3 rings (SSSR count). The number of methoxy groups -OCH3 is 1. The van der Waals surface area contributed by atoms with Crippen LogP contribution in [0.5, 0.6) is 5.75 Å². The van der Waals surface area contributed by atoms with E-state index in [2.05, 4.69) is 17.3 Å². The maximum absolute atomic E-state index is 12.9. The van der Waals surface area contributed by atoms with Gasteiger partial charge in [0.15, 0.2) is 0 Å². The minimum absolute atomic E-state index is 0.0224. The molecule has 0 aliphatic carbocycles. The summed E-state index contributed by atoms with van der Waals surface area (Å²) in [5.74, 6) is 0.376. The van der Waals surface area contributed by atoms with Gasteiger partial charge in [0.2, 0.25) is 5.91 Å². The van der Waals surface area contributed by atoms with Crippen LogP contribution in [0.15, 0.2) is 36.4 Å². The van der Waals surface area contributed by atoms with Crippen molar-refractivity contribution in [3.8, 4) is 5.75 Å². The number of anilines is 1. The first-order valence-corrected chi connectivity index (χ1v) is 9.89. The molecule has 154 valence electrons. The monoisotopic (exact) mass is 395 g/mol. The number of aryl methyl sites for hydroxylation is 2. The van der Waals surface area contributed by atoms with E-state index in [4.69, 9.17) is 4.74 Å². The van der Waals surface area contributed by atoms with E-state index in [0.29, 0.717) is 30.1 Å². The zero-order valence-electron chi connectivity index (χ0n) is 17.6. The van der Waals surface area contributed by atoms with Crippen molar-refractivity contribution in [1.29, 1.82) is 0 Å². The Morgan fingerprint density at radius 2 is 1.76 bits per heavy atom. The van der Waals surface area contributed by atoms with Crippen LogP contribution in [-0.2, 0) is 11.2 Å². The molecule has 0 saturated carbocycles. The van der Waals surface area contributed by atoms with Crippen molar-refractivity contribution in [1.82, 2.24) is 9.80 Å². The molecule has 2 aromatic carbocycles. The molecule has 0 spiro atoms. The second kappa shape index (κ2) is 9.09. The van der Waals surface area contributed by atoms with Gasteiger partial charge in [0.05, 0.1) is 19.2 Å². The lowest BCUT2D eigenvalue weighted by Gasteiger charge is -2.32. The van der Waals surface area contributed by atoms with Crippen molar-refractivity contribution in [2.45, 2.75) is 20.3 Å². The molecule has 0 bridgehead atoms. The number of hydrogen-bond acceptors (Lipinski definition) is 4. The van der Waals surface area contributed by atoms with Gasteiger partial charge >= 0.3 is 0 Å². The molecule has 1 aliphatic heterocycles. The van der Waals surface area contributed by atoms with Gasteiger partial charge < -0.3 is 19.9 Å². The number of nitrogens with zero attached hydrogens (tertiary/aromatic N) is 2. The number of benzene rings is 2. The van der Waals surface area contributed by atoms with E-state index >= 15 is 0 Å². The third-order valence-electron chi connectivity index (χ3n) is 5.37. The highest BCUT2D eigenvalue weighted by molar-refractivity contribution is 5.99. The maximum Gasteiger partial charge on any atom is 0.254 e. The summed E-state index contributed by atoms with van der Waals surface area (Å²) in [6.07, 6.45) is 0.271. The summed E-state index contributed by atoms with van der Waals surface area (Å²) in [6, 6.07) is 11.3. The molecular weight excluding hydrogens is 366 g/mol. The second-order valence-electron chi connectivity index (χ2n) is 7.67. The fourth-order valence-corrected chi connectivity index (χ4v) is 3.49. The highest BCUT2D eigenvalue weighted by Crippen LogP contribution is 2.27. The van der Waals surface area contributed by atoms with Gasteiger partial charge in [0, 0.05) is 31.7 Å². The fourth-order valence-electron chi connectivity index (χ4n) is 3.49. The molecule has 0 radical (unpaired) electrons. The minimum atomic E-state index is -0.138. The van der Waals surface area contributed by atoms with Gasteiger partial charge in [-0.15, -0.1) is 0 Å². The number of ether oxygens (including phenoxy) is 1. The standard InChI is InChI=1S/C23H29N3O3/c1-16-5-6-17(2)19(13-16)15-22(27)24-20-14-18(7-8-21(20)29-4)23(28)26-11-9-25(3)10-12-26/h5-8,13-14H,9-12,15H2,1-4H3,(H,24,27). The highest BCUT2D eigenvalue weighted by Gasteiger charge is 2.21. The Bertz CT molecular complexity index is 902. The largest absolute Gasteiger partial charge is 0.495 e. The van der Waals surface area contributed by atoms with E-state index in [1.165, 1.54) is 0 Å². The predicted molar refractivity (Wildman–Crippen MR) is 115 cm³/mol. The number of likely N-dealkylation sites (N-methyl/N-ethyl adjacent to an activating group) is 1. The first-order chi connectivity index (χ1) is 13.9. The predicted octanol–water partition coefficient (Wildman–Crippen LogP) is 2.88. The van der Waals surface area contributed by atoms with Gasteiger partial charge in [0.25, 0.3) is 5.91 Å². The van der Waals surface area contributed by atoms with Crippen molar-refractivity contribution in [3.63, 3.8) is 0 Å². The number of piperazine rings is 1. The van der Waals surface area contributed by atoms with E-state index in [0.717, 1.165) is 29.8 Å². The molecule has 1 aliphatic rings. The normalized spacial score (nSPS) is 14.6. The lowest BCUT2D eigenvalue weighted by atomic mass is 10.0. The Morgan fingerprint density at radius 1 is 1.03 bits per heavy atom. The van der Waals surface area contributed by atoms with Crippen LogP contribution in [0.1, 0.15) is 27.0 Å². The quantitative estimate of drug-likeness (QED) is 0.846. The average Bonchev–Trinajstić information content (AvgIpc) is 2.70. The topological polar surface area (TPSA) is 61.9 Å². The zero-order chi connectivity index (χ0) is 21.0. The van der Waals surface area contributed by atoms with Crippen LogP contribution in [0, 0.1) is 13.8 Å². The first kappa shape index (κ1) is 20.9. The number of nitrogens with one attached hydrogen (secondary N) is 1. The van der Waals surface area contributed by atoms with Crippen molar-refractivity contribution in [2.75, 3.05) is 45.7 Å². The van der Waals surface area contributed by atoms with Crippen LogP contribution in [0.4, 0.5) is 5.69 Å². The molecule has 1 N–H and O–H groups in total. The van der Waals surface area contributed by atoms with Crippen LogP contribution in [0.3, 0.4) is 0 Å². The van der Waals surface area contributed by atoms with Gasteiger partial charge in [-0.05, 0) is 50.2 Å². The molecule has 1 fully saturated rings. The molecule has 0 unspecified atom stereocenters. The number of amides is 2. The molecule has 0 aromatic heterocycles. The van der Waals surface area contributed by atoms with Crippen LogP contribution >= 0.6 is 0 Å². The Labute approximate surface area is 172 Å². The summed E-state index contributed by atoms with van der Waals surface area (Å²) in [4.78, 5) is 29.6. The van der Waals surface area contributed by atoms with E-state index in [1.54, 1.807) is 25.3 Å². The summed E-state index contributed by atoms with van der Waals surface area (Å²) < 4.78 is 5.39. The summed E-state index contributed by atoms with van der Waals surface area (Å²) in [7, 11) is 3.61. The molecule has 6 heteroatoms. The smallest absolute Gasteiger partial charge is 0.254 e. The van der Waals surface area contributed by atoms with Crippen molar-refractivity contribution < 1.29 is 14.3 Å². The summed E-state index contributed by atoms with van der Waals surface area (Å²) in [5, 5.41) is 2.92. The van der Waals surface area contributed by atoms with Gasteiger partial charge in [0.1, 0.15) is 5.75 Å². The molecule has 2 aromatic rings. The van der Waals surface area contributed by atoms with Gasteiger partial charge in [-0.1, -0.05) is 23.8 Å². The highest BCUT2D eigenvalue weighted by atomic mass is 16.5. The zero-order valence-corrected chi connectivity index (χ0v) is 17.6. The number of rotatable bonds is 5. The number of carbonyl (C=O) groups excluding carboxylic acids is 2. The Hall–Kier alpha value is -2.86. The Balaban J connectivity index is 1.75. The third-order valence-corrected chi connectivity index (χ3v) is 5.37. The van der Waals surface area contributed by atoms with Crippen LogP contribution in [0.2, 0.25) is 0 Å². The lowest BCUT2D eigenvalue weighted by molar-refractivity contribution is -0.115. The third kappa shape index (κ3) is 5.15. The summed E-state index contributed by atoms with van der Waals surface area (Å²) >= 11 is 0. The first-order valence-electron chi connectivity index (χ1n) is 9.89. The molecule has 6 nitrogen and oxygen atoms in total. The minimum Gasteiger partial charge on any atom is -0.495 e. The molecule has 0 atom stereocenters. The summed E-state index contributed by atoms with van der Waals surface area (Å²) in [6.45, 7) is 7.14. The Morgan fingerprint density at radius 3 is 2.45 bits per heavy atom. The molecular formula is C23H29N3O3. The second-order valence-corrected chi connectivity index (χ2v) is 7.67.